The number of aryl methyl sites for hydroxylation is 1. The first-order chi connectivity index (χ1) is 20.6. The van der Waals surface area contributed by atoms with Crippen LogP contribution in [-0.4, -0.2) is 33.9 Å². The van der Waals surface area contributed by atoms with E-state index in [2.05, 4.69) is 59.2 Å². The minimum absolute atomic E-state index is 0.0822. The molecule has 4 N–H and O–H groups in total. The van der Waals surface area contributed by atoms with Gasteiger partial charge in [0.25, 0.3) is 0 Å². The van der Waals surface area contributed by atoms with E-state index in [1.807, 2.05) is 67.6 Å². The number of rotatable bonds is 7. The minimum Gasteiger partial charge on any atom is -0.493 e. The lowest BCUT2D eigenvalue weighted by Crippen LogP contribution is -2.35. The highest BCUT2D eigenvalue weighted by Crippen LogP contribution is 2.36. The van der Waals surface area contributed by atoms with Gasteiger partial charge in [-0.05, 0) is 48.9 Å². The van der Waals surface area contributed by atoms with E-state index in [9.17, 15) is 9.59 Å². The van der Waals surface area contributed by atoms with E-state index < -0.39 is 0 Å². The van der Waals surface area contributed by atoms with Crippen molar-refractivity contribution >= 4 is 23.7 Å². The highest BCUT2D eigenvalue weighted by Gasteiger charge is 2.31. The van der Waals surface area contributed by atoms with E-state index in [0.29, 0.717) is 18.2 Å². The van der Waals surface area contributed by atoms with Crippen LogP contribution in [-0.2, 0) is 16.8 Å². The van der Waals surface area contributed by atoms with Gasteiger partial charge in [0.1, 0.15) is 24.0 Å². The number of ether oxygens (including phenoxy) is 1. The Kier molecular flexibility index (Phi) is 8.47. The fraction of sp³-hybridized carbons (Fsp3) is 0.273. The van der Waals surface area contributed by atoms with Crippen LogP contribution in [0.3, 0.4) is 0 Å². The molecule has 2 unspecified atom stereocenters. The maximum Gasteiger partial charge on any atom is 0.324 e. The third-order valence-corrected chi connectivity index (χ3v) is 7.20. The summed E-state index contributed by atoms with van der Waals surface area (Å²) in [5, 5.41) is 16.1. The maximum absolute atomic E-state index is 13.3. The Hall–Kier alpha value is -5.12. The lowest BCUT2D eigenvalue weighted by Gasteiger charge is -2.31. The van der Waals surface area contributed by atoms with Crippen molar-refractivity contribution in [2.45, 2.75) is 39.7 Å². The highest BCUT2D eigenvalue weighted by atomic mass is 16.5. The van der Waals surface area contributed by atoms with Gasteiger partial charge in [0.2, 0.25) is 0 Å². The lowest BCUT2D eigenvalue weighted by atomic mass is 9.81. The van der Waals surface area contributed by atoms with Gasteiger partial charge in [0.05, 0.1) is 11.4 Å². The molecule has 2 heterocycles. The molecule has 222 valence electrons. The zero-order valence-corrected chi connectivity index (χ0v) is 25.0. The molecule has 43 heavy (non-hydrogen) atoms. The Morgan fingerprint density at radius 1 is 0.930 bits per heavy atom. The summed E-state index contributed by atoms with van der Waals surface area (Å²) in [6.45, 7) is 8.61. The standard InChI is InChI=1S/C33H37N7O3/c1-21-10-12-23(13-11-21)40-30(19-28(39-40)33(2,3)4)38-32(42)36-26-14-15-27(25-9-7-6-8-24(25)26)43-20-22-16-17-35-29(18-22)37-31(41)34-5/h6-19,24-25H,20H2,1-5H3,(H2,36,38,42)(H2,34,35,37,41). The van der Waals surface area contributed by atoms with Gasteiger partial charge in [-0.3, -0.25) is 10.6 Å². The van der Waals surface area contributed by atoms with Crippen molar-refractivity contribution in [1.29, 1.82) is 0 Å². The second kappa shape index (κ2) is 12.4. The first kappa shape index (κ1) is 29.4. The summed E-state index contributed by atoms with van der Waals surface area (Å²) in [5.41, 5.74) is 4.31. The van der Waals surface area contributed by atoms with Gasteiger partial charge in [-0.15, -0.1) is 0 Å². The predicted molar refractivity (Wildman–Crippen MR) is 168 cm³/mol. The van der Waals surface area contributed by atoms with Crippen LogP contribution in [0.4, 0.5) is 21.2 Å². The number of aromatic nitrogens is 3. The number of pyridine rings is 1. The topological polar surface area (TPSA) is 122 Å². The van der Waals surface area contributed by atoms with Crippen LogP contribution in [0.5, 0.6) is 0 Å². The van der Waals surface area contributed by atoms with Crippen molar-refractivity contribution < 1.29 is 14.3 Å². The lowest BCUT2D eigenvalue weighted by molar-refractivity contribution is 0.164. The average Bonchev–Trinajstić information content (AvgIpc) is 3.41. The summed E-state index contributed by atoms with van der Waals surface area (Å²) >= 11 is 0. The minimum atomic E-state index is -0.354. The van der Waals surface area contributed by atoms with E-state index in [4.69, 9.17) is 9.84 Å². The van der Waals surface area contributed by atoms with Crippen molar-refractivity contribution in [3.63, 3.8) is 0 Å². The second-order valence-electron chi connectivity index (χ2n) is 11.5. The molecule has 3 aromatic rings. The van der Waals surface area contributed by atoms with Crippen LogP contribution in [0.15, 0.2) is 96.6 Å². The summed E-state index contributed by atoms with van der Waals surface area (Å²) in [6, 6.07) is 12.9. The third kappa shape index (κ3) is 7.03. The van der Waals surface area contributed by atoms with Crippen molar-refractivity contribution in [3.8, 4) is 5.69 Å². The summed E-state index contributed by atoms with van der Waals surface area (Å²) in [7, 11) is 1.55. The van der Waals surface area contributed by atoms with Gasteiger partial charge in [0.15, 0.2) is 0 Å². The van der Waals surface area contributed by atoms with Crippen molar-refractivity contribution in [3.05, 3.63) is 113 Å². The van der Waals surface area contributed by atoms with Gasteiger partial charge >= 0.3 is 12.1 Å². The number of nitrogens with one attached hydrogen (secondary N) is 4. The van der Waals surface area contributed by atoms with Gasteiger partial charge in [-0.2, -0.15) is 5.10 Å². The number of hydrogen-bond donors (Lipinski definition) is 4. The molecule has 0 saturated carbocycles. The number of urea groups is 2. The van der Waals surface area contributed by atoms with Gasteiger partial charge < -0.3 is 15.4 Å². The molecule has 2 aromatic heterocycles. The zero-order valence-electron chi connectivity index (χ0n) is 25.0. The number of benzene rings is 1. The van der Waals surface area contributed by atoms with Crippen LogP contribution in [0.25, 0.3) is 5.69 Å². The zero-order chi connectivity index (χ0) is 30.6. The molecule has 0 bridgehead atoms. The maximum atomic E-state index is 13.3. The number of anilines is 2. The average molecular weight is 580 g/mol. The first-order valence-electron chi connectivity index (χ1n) is 14.2. The number of carbonyl (C=O) groups excluding carboxylic acids is 2. The molecular weight excluding hydrogens is 542 g/mol. The van der Waals surface area contributed by atoms with E-state index in [1.165, 1.54) is 0 Å². The summed E-state index contributed by atoms with van der Waals surface area (Å²) in [4.78, 5) is 29.1. The van der Waals surface area contributed by atoms with E-state index in [-0.39, 0.29) is 29.3 Å². The van der Waals surface area contributed by atoms with E-state index in [0.717, 1.165) is 34.0 Å². The molecule has 2 aliphatic rings. The molecule has 2 atom stereocenters. The van der Waals surface area contributed by atoms with Crippen molar-refractivity contribution in [2.24, 2.45) is 11.8 Å². The Morgan fingerprint density at radius 2 is 1.67 bits per heavy atom. The molecular formula is C33H37N7O3. The number of allylic oxidation sites excluding steroid dienone is 6. The molecule has 1 aromatic carbocycles. The molecule has 0 fully saturated rings. The van der Waals surface area contributed by atoms with Crippen LogP contribution in [0, 0.1) is 18.8 Å². The van der Waals surface area contributed by atoms with Crippen LogP contribution < -0.4 is 21.3 Å². The molecule has 2 aliphatic carbocycles. The molecule has 0 radical (unpaired) electrons. The van der Waals surface area contributed by atoms with E-state index >= 15 is 0 Å². The largest absolute Gasteiger partial charge is 0.493 e. The van der Waals surface area contributed by atoms with Crippen LogP contribution >= 0.6 is 0 Å². The van der Waals surface area contributed by atoms with E-state index in [1.54, 1.807) is 24.0 Å². The first-order valence-corrected chi connectivity index (χ1v) is 14.2. The Labute approximate surface area is 251 Å². The Balaban J connectivity index is 1.31. The Bertz CT molecular complexity index is 1620. The summed E-state index contributed by atoms with van der Waals surface area (Å²) in [5.74, 6) is 1.61. The van der Waals surface area contributed by atoms with Gasteiger partial charge in [-0.25, -0.2) is 19.3 Å². The molecule has 4 amide bonds. The third-order valence-electron chi connectivity index (χ3n) is 7.20. The number of fused-ring (bicyclic) bond motifs is 1. The van der Waals surface area contributed by atoms with Crippen molar-refractivity contribution in [1.82, 2.24) is 25.4 Å². The molecule has 0 saturated heterocycles. The molecule has 0 aliphatic heterocycles. The normalized spacial score (nSPS) is 17.3. The van der Waals surface area contributed by atoms with Gasteiger partial charge in [-0.1, -0.05) is 62.8 Å². The monoisotopic (exact) mass is 579 g/mol. The second-order valence-corrected chi connectivity index (χ2v) is 11.5. The van der Waals surface area contributed by atoms with Gasteiger partial charge in [0, 0.05) is 42.3 Å². The fourth-order valence-electron chi connectivity index (χ4n) is 4.82. The number of nitrogens with zero attached hydrogens (tertiary/aromatic N) is 3. The molecule has 5 rings (SSSR count). The quantitative estimate of drug-likeness (QED) is 0.269. The molecule has 10 nitrogen and oxygen atoms in total. The fourth-order valence-corrected chi connectivity index (χ4v) is 4.82. The molecule has 10 heteroatoms. The SMILES string of the molecule is CNC(=O)Nc1cc(COC2=CC=C(NC(=O)Nc3cc(C(C)(C)C)nn3-c3ccc(C)cc3)C3C=CC=CC23)ccn1. The number of amides is 4. The number of carbonyl (C=O) groups is 2. The summed E-state index contributed by atoms with van der Waals surface area (Å²) in [6.07, 6.45) is 13.5. The highest BCUT2D eigenvalue weighted by molar-refractivity contribution is 5.90. The smallest absolute Gasteiger partial charge is 0.324 e. The van der Waals surface area contributed by atoms with Crippen LogP contribution in [0.2, 0.25) is 0 Å². The summed E-state index contributed by atoms with van der Waals surface area (Å²) < 4.78 is 7.98. The Morgan fingerprint density at radius 3 is 2.40 bits per heavy atom. The molecule has 0 spiro atoms. The van der Waals surface area contributed by atoms with Crippen molar-refractivity contribution in [2.75, 3.05) is 17.7 Å². The predicted octanol–water partition coefficient (Wildman–Crippen LogP) is 6.10. The number of hydrogen-bond acceptors (Lipinski definition) is 5. The van der Waals surface area contributed by atoms with Crippen LogP contribution in [0.1, 0.15) is 37.6 Å².